The summed E-state index contributed by atoms with van der Waals surface area (Å²) in [5, 5.41) is 0. The molecule has 0 aromatic carbocycles. The monoisotopic (exact) mass is 343 g/mol. The average molecular weight is 343 g/mol. The third kappa shape index (κ3) is 6.27. The molecule has 0 bridgehead atoms. The van der Waals surface area contributed by atoms with Gasteiger partial charge in [-0.3, -0.25) is 0 Å². The van der Waals surface area contributed by atoms with Crippen molar-refractivity contribution in [3.8, 4) is 0 Å². The minimum atomic E-state index is -3.65. The Morgan fingerprint density at radius 1 is 1.26 bits per heavy atom. The Hall–Kier alpha value is -2.09. The van der Waals surface area contributed by atoms with Crippen molar-refractivity contribution in [2.45, 2.75) is 18.9 Å². The largest absolute Gasteiger partial charge is 0.465 e. The van der Waals surface area contributed by atoms with Gasteiger partial charge in [0.05, 0.1) is 7.11 Å². The lowest BCUT2D eigenvalue weighted by molar-refractivity contribution is -0.144. The number of piperidine rings is 1. The predicted octanol–water partition coefficient (Wildman–Crippen LogP) is 0.795. The molecule has 1 aliphatic rings. The number of rotatable bonds is 6. The van der Waals surface area contributed by atoms with Crippen molar-refractivity contribution in [2.24, 2.45) is 0 Å². The lowest BCUT2D eigenvalue weighted by atomic mass is 10.1. The number of likely N-dealkylation sites (tertiary alicyclic amines) is 1. The molecule has 0 unspecified atom stereocenters. The van der Waals surface area contributed by atoms with Crippen molar-refractivity contribution in [1.82, 2.24) is 4.90 Å². The molecule has 0 spiro atoms. The molecule has 23 heavy (non-hydrogen) atoms. The third-order valence-electron chi connectivity index (χ3n) is 3.26. The highest BCUT2D eigenvalue weighted by atomic mass is 32.2. The number of methoxy groups -OCH3 is 1. The molecule has 8 heteroatoms. The van der Waals surface area contributed by atoms with Gasteiger partial charge in [0, 0.05) is 38.3 Å². The van der Waals surface area contributed by atoms with E-state index in [2.05, 4.69) is 11.3 Å². The van der Waals surface area contributed by atoms with Crippen molar-refractivity contribution in [2.75, 3.05) is 26.5 Å². The molecule has 0 aliphatic carbocycles. The van der Waals surface area contributed by atoms with Gasteiger partial charge in [-0.25, -0.2) is 18.0 Å². The minimum Gasteiger partial charge on any atom is -0.465 e. The van der Waals surface area contributed by atoms with Gasteiger partial charge in [0.15, 0.2) is 14.7 Å². The number of sulfone groups is 1. The molecule has 0 amide bonds. The Morgan fingerprint density at radius 2 is 1.87 bits per heavy atom. The van der Waals surface area contributed by atoms with Gasteiger partial charge in [0.2, 0.25) is 0 Å². The second-order valence-electron chi connectivity index (χ2n) is 5.01. The summed E-state index contributed by atoms with van der Waals surface area (Å²) in [6.07, 6.45) is 7.68. The van der Waals surface area contributed by atoms with E-state index in [1.54, 1.807) is 6.20 Å². The van der Waals surface area contributed by atoms with Crippen LogP contribution in [-0.4, -0.2) is 57.8 Å². The van der Waals surface area contributed by atoms with Crippen LogP contribution in [0.25, 0.3) is 0 Å². The Bertz CT molecular complexity index is 612. The van der Waals surface area contributed by atoms with Gasteiger partial charge in [0.1, 0.15) is 6.10 Å². The maximum absolute atomic E-state index is 11.5. The summed E-state index contributed by atoms with van der Waals surface area (Å²) >= 11 is 0. The number of hydrogen-bond acceptors (Lipinski definition) is 7. The summed E-state index contributed by atoms with van der Waals surface area (Å²) in [5.74, 6) is -1.33. The van der Waals surface area contributed by atoms with Crippen LogP contribution in [0.3, 0.4) is 0 Å². The second-order valence-corrected chi connectivity index (χ2v) is 7.00. The predicted molar refractivity (Wildman–Crippen MR) is 85.0 cm³/mol. The Labute approximate surface area is 136 Å². The lowest BCUT2D eigenvalue weighted by Gasteiger charge is -2.30. The quantitative estimate of drug-likeness (QED) is 0.400. The fourth-order valence-electron chi connectivity index (χ4n) is 2.05. The van der Waals surface area contributed by atoms with Gasteiger partial charge in [-0.2, -0.15) is 0 Å². The van der Waals surface area contributed by atoms with Crippen LogP contribution in [0.2, 0.25) is 0 Å². The highest BCUT2D eigenvalue weighted by molar-refractivity contribution is 7.95. The molecule has 1 saturated heterocycles. The number of carbonyl (C=O) groups excluding carboxylic acids is 2. The van der Waals surface area contributed by atoms with E-state index in [1.165, 1.54) is 12.2 Å². The first kappa shape index (κ1) is 19.0. The molecule has 0 N–H and O–H groups in total. The number of esters is 2. The zero-order valence-corrected chi connectivity index (χ0v) is 14.0. The van der Waals surface area contributed by atoms with Crippen molar-refractivity contribution in [3.63, 3.8) is 0 Å². The van der Waals surface area contributed by atoms with Crippen molar-refractivity contribution >= 4 is 21.8 Å². The summed E-state index contributed by atoms with van der Waals surface area (Å²) in [6, 6.07) is 0. The molecule has 0 radical (unpaired) electrons. The van der Waals surface area contributed by atoms with E-state index < -0.39 is 26.7 Å². The van der Waals surface area contributed by atoms with Gasteiger partial charge >= 0.3 is 11.9 Å². The Morgan fingerprint density at radius 3 is 2.35 bits per heavy atom. The van der Waals surface area contributed by atoms with Gasteiger partial charge in [0.25, 0.3) is 0 Å². The number of ether oxygens (including phenoxy) is 2. The topological polar surface area (TPSA) is 90.0 Å². The minimum absolute atomic E-state index is 0.137. The van der Waals surface area contributed by atoms with Crippen LogP contribution >= 0.6 is 0 Å². The van der Waals surface area contributed by atoms with Gasteiger partial charge in [-0.1, -0.05) is 6.58 Å². The number of allylic oxidation sites excluding steroid dienone is 2. The summed E-state index contributed by atoms with van der Waals surface area (Å²) in [7, 11) is -2.53. The van der Waals surface area contributed by atoms with E-state index in [0.29, 0.717) is 25.9 Å². The third-order valence-corrected chi connectivity index (χ3v) is 4.36. The smallest absolute Gasteiger partial charge is 0.349 e. The molecule has 0 aromatic rings. The summed E-state index contributed by atoms with van der Waals surface area (Å²) in [4.78, 5) is 24.1. The molecule has 0 aromatic heterocycles. The first-order chi connectivity index (χ1) is 10.8. The first-order valence-corrected chi connectivity index (χ1v) is 8.91. The fraction of sp³-hybridized carbons (Fsp3) is 0.467. The molecule has 7 nitrogen and oxygen atoms in total. The first-order valence-electron chi connectivity index (χ1n) is 7.02. The number of nitrogens with zero attached hydrogens (tertiary/aromatic N) is 1. The van der Waals surface area contributed by atoms with Crippen LogP contribution in [0.4, 0.5) is 0 Å². The molecule has 1 aliphatic heterocycles. The van der Waals surface area contributed by atoms with Crippen LogP contribution in [-0.2, 0) is 28.9 Å². The van der Waals surface area contributed by atoms with Crippen LogP contribution < -0.4 is 0 Å². The van der Waals surface area contributed by atoms with E-state index in [9.17, 15) is 18.0 Å². The molecule has 128 valence electrons. The van der Waals surface area contributed by atoms with Crippen LogP contribution in [0.5, 0.6) is 0 Å². The lowest BCUT2D eigenvalue weighted by Crippen LogP contribution is -2.34. The van der Waals surface area contributed by atoms with Gasteiger partial charge < -0.3 is 14.4 Å². The Balaban J connectivity index is 2.62. The average Bonchev–Trinajstić information content (AvgIpc) is 2.51. The molecule has 1 rings (SSSR count). The van der Waals surface area contributed by atoms with E-state index in [0.717, 1.165) is 19.4 Å². The number of carbonyl (C=O) groups is 2. The molecular formula is C15H21NO6S. The highest BCUT2D eigenvalue weighted by Gasteiger charge is 2.21. The van der Waals surface area contributed by atoms with Crippen molar-refractivity contribution in [1.29, 1.82) is 0 Å². The molecule has 0 saturated carbocycles. The SMILES string of the molecule is C=CC(=O)OC1CCN(/C=C/C=C(/C(=O)OC)S(C)(=O)=O)CC1. The molecule has 0 atom stereocenters. The molecule has 1 heterocycles. The standard InChI is InChI=1S/C15H21NO6S/c1-4-14(17)22-12-7-10-16(11-8-12)9-5-6-13(15(18)21-2)23(3,19)20/h4-6,9,12H,1,7-8,10-11H2,2-3H3/b9-5+,13-6-. The summed E-state index contributed by atoms with van der Waals surface area (Å²) < 4.78 is 32.6. The van der Waals surface area contributed by atoms with Crippen LogP contribution in [0.15, 0.2) is 35.9 Å². The maximum Gasteiger partial charge on any atom is 0.349 e. The van der Waals surface area contributed by atoms with E-state index in [1.807, 2.05) is 4.90 Å². The molecular weight excluding hydrogens is 322 g/mol. The van der Waals surface area contributed by atoms with Gasteiger partial charge in [-0.05, 0) is 18.4 Å². The van der Waals surface area contributed by atoms with Crippen LogP contribution in [0.1, 0.15) is 12.8 Å². The Kier molecular flexibility index (Phi) is 7.02. The van der Waals surface area contributed by atoms with E-state index in [4.69, 9.17) is 4.74 Å². The zero-order chi connectivity index (χ0) is 17.5. The summed E-state index contributed by atoms with van der Waals surface area (Å²) in [6.45, 7) is 4.67. The van der Waals surface area contributed by atoms with E-state index >= 15 is 0 Å². The highest BCUT2D eigenvalue weighted by Crippen LogP contribution is 2.15. The maximum atomic E-state index is 11.5. The second kappa shape index (κ2) is 8.52. The normalized spacial score (nSPS) is 17.1. The molecule has 1 fully saturated rings. The zero-order valence-electron chi connectivity index (χ0n) is 13.2. The van der Waals surface area contributed by atoms with E-state index in [-0.39, 0.29) is 6.10 Å². The van der Waals surface area contributed by atoms with Crippen molar-refractivity contribution in [3.05, 3.63) is 35.9 Å². The van der Waals surface area contributed by atoms with Crippen molar-refractivity contribution < 1.29 is 27.5 Å². The van der Waals surface area contributed by atoms with Gasteiger partial charge in [-0.15, -0.1) is 0 Å². The van der Waals surface area contributed by atoms with Crippen LogP contribution in [0, 0.1) is 0 Å². The fourth-order valence-corrected chi connectivity index (χ4v) is 2.76. The number of hydrogen-bond donors (Lipinski definition) is 0. The summed E-state index contributed by atoms with van der Waals surface area (Å²) in [5.41, 5.74) is 0.